The molecule has 1 rings (SSSR count). The highest BCUT2D eigenvalue weighted by molar-refractivity contribution is 4.79. The molecule has 66 valence electrons. The van der Waals surface area contributed by atoms with E-state index in [4.69, 9.17) is 0 Å². The lowest BCUT2D eigenvalue weighted by Gasteiger charge is -2.28. The van der Waals surface area contributed by atoms with Gasteiger partial charge in [-0.1, -0.05) is 6.92 Å². The Morgan fingerprint density at radius 1 is 1.09 bits per heavy atom. The van der Waals surface area contributed by atoms with Gasteiger partial charge in [0, 0.05) is 12.1 Å². The van der Waals surface area contributed by atoms with Gasteiger partial charge in [-0.2, -0.15) is 0 Å². The number of rotatable bonds is 3. The van der Waals surface area contributed by atoms with Gasteiger partial charge in [-0.15, -0.1) is 0 Å². The van der Waals surface area contributed by atoms with Gasteiger partial charge in [0.2, 0.25) is 0 Å². The van der Waals surface area contributed by atoms with Crippen molar-refractivity contribution >= 4 is 0 Å². The lowest BCUT2D eigenvalue weighted by Crippen LogP contribution is -2.38. The van der Waals surface area contributed by atoms with Crippen LogP contribution < -0.4 is 10.6 Å². The SMILES string of the molecule is CCNC1CCC(NC)CC1. The van der Waals surface area contributed by atoms with Crippen LogP contribution in [0.4, 0.5) is 0 Å². The van der Waals surface area contributed by atoms with Gasteiger partial charge in [0.15, 0.2) is 0 Å². The first-order valence-corrected chi connectivity index (χ1v) is 4.77. The van der Waals surface area contributed by atoms with E-state index in [0.29, 0.717) is 0 Å². The minimum Gasteiger partial charge on any atom is -0.317 e. The molecule has 0 aromatic carbocycles. The second kappa shape index (κ2) is 4.73. The summed E-state index contributed by atoms with van der Waals surface area (Å²) in [5.41, 5.74) is 0. The van der Waals surface area contributed by atoms with Gasteiger partial charge in [0.1, 0.15) is 0 Å². The van der Waals surface area contributed by atoms with Gasteiger partial charge in [-0.05, 0) is 39.3 Å². The molecule has 0 amide bonds. The van der Waals surface area contributed by atoms with Crippen LogP contribution in [-0.4, -0.2) is 25.7 Å². The zero-order chi connectivity index (χ0) is 8.10. The van der Waals surface area contributed by atoms with Gasteiger partial charge in [0.05, 0.1) is 0 Å². The summed E-state index contributed by atoms with van der Waals surface area (Å²) >= 11 is 0. The van der Waals surface area contributed by atoms with E-state index in [1.807, 2.05) is 0 Å². The van der Waals surface area contributed by atoms with Crippen LogP contribution in [0.15, 0.2) is 0 Å². The smallest absolute Gasteiger partial charge is 0.00681 e. The van der Waals surface area contributed by atoms with E-state index in [0.717, 1.165) is 18.6 Å². The van der Waals surface area contributed by atoms with E-state index in [1.54, 1.807) is 0 Å². The van der Waals surface area contributed by atoms with Gasteiger partial charge >= 0.3 is 0 Å². The highest BCUT2D eigenvalue weighted by Crippen LogP contribution is 2.17. The molecule has 0 saturated heterocycles. The summed E-state index contributed by atoms with van der Waals surface area (Å²) in [6.45, 7) is 3.30. The summed E-state index contributed by atoms with van der Waals surface area (Å²) in [7, 11) is 2.07. The Hall–Kier alpha value is -0.0800. The van der Waals surface area contributed by atoms with E-state index in [-0.39, 0.29) is 0 Å². The van der Waals surface area contributed by atoms with E-state index < -0.39 is 0 Å². The molecule has 0 unspecified atom stereocenters. The molecule has 1 saturated carbocycles. The average Bonchev–Trinajstić information content (AvgIpc) is 2.07. The van der Waals surface area contributed by atoms with Crippen molar-refractivity contribution in [3.05, 3.63) is 0 Å². The monoisotopic (exact) mass is 156 g/mol. The molecule has 0 bridgehead atoms. The van der Waals surface area contributed by atoms with Crippen molar-refractivity contribution < 1.29 is 0 Å². The summed E-state index contributed by atoms with van der Waals surface area (Å²) in [5.74, 6) is 0. The lowest BCUT2D eigenvalue weighted by molar-refractivity contribution is 0.322. The van der Waals surface area contributed by atoms with Gasteiger partial charge < -0.3 is 10.6 Å². The largest absolute Gasteiger partial charge is 0.317 e. The van der Waals surface area contributed by atoms with E-state index in [9.17, 15) is 0 Å². The van der Waals surface area contributed by atoms with Gasteiger partial charge in [0.25, 0.3) is 0 Å². The molecule has 0 radical (unpaired) electrons. The van der Waals surface area contributed by atoms with Crippen LogP contribution in [0.5, 0.6) is 0 Å². The van der Waals surface area contributed by atoms with Gasteiger partial charge in [-0.3, -0.25) is 0 Å². The molecular formula is C9H20N2. The molecule has 2 nitrogen and oxygen atoms in total. The quantitative estimate of drug-likeness (QED) is 0.640. The van der Waals surface area contributed by atoms with Crippen LogP contribution >= 0.6 is 0 Å². The van der Waals surface area contributed by atoms with Crippen LogP contribution in [-0.2, 0) is 0 Å². The Morgan fingerprint density at radius 2 is 1.64 bits per heavy atom. The molecule has 11 heavy (non-hydrogen) atoms. The molecule has 0 spiro atoms. The summed E-state index contributed by atoms with van der Waals surface area (Å²) in [6, 6.07) is 1.58. The highest BCUT2D eigenvalue weighted by Gasteiger charge is 2.18. The van der Waals surface area contributed by atoms with E-state index in [2.05, 4.69) is 24.6 Å². The summed E-state index contributed by atoms with van der Waals surface area (Å²) < 4.78 is 0. The Balaban J connectivity index is 2.14. The topological polar surface area (TPSA) is 24.1 Å². The van der Waals surface area contributed by atoms with Crippen LogP contribution in [0.25, 0.3) is 0 Å². The zero-order valence-corrected chi connectivity index (χ0v) is 7.69. The van der Waals surface area contributed by atoms with Crippen LogP contribution in [0, 0.1) is 0 Å². The fourth-order valence-electron chi connectivity index (χ4n) is 1.87. The Kier molecular flexibility index (Phi) is 3.87. The second-order valence-electron chi connectivity index (χ2n) is 3.39. The van der Waals surface area contributed by atoms with Crippen LogP contribution in [0.1, 0.15) is 32.6 Å². The number of hydrogen-bond acceptors (Lipinski definition) is 2. The minimum absolute atomic E-state index is 0.782. The van der Waals surface area contributed by atoms with Gasteiger partial charge in [-0.25, -0.2) is 0 Å². The van der Waals surface area contributed by atoms with Crippen molar-refractivity contribution in [2.24, 2.45) is 0 Å². The predicted molar refractivity (Wildman–Crippen MR) is 48.8 cm³/mol. The molecule has 1 fully saturated rings. The maximum absolute atomic E-state index is 3.50. The fourth-order valence-corrected chi connectivity index (χ4v) is 1.87. The number of hydrogen-bond donors (Lipinski definition) is 2. The average molecular weight is 156 g/mol. The van der Waals surface area contributed by atoms with Crippen molar-refractivity contribution in [1.82, 2.24) is 10.6 Å². The third-order valence-corrected chi connectivity index (χ3v) is 2.63. The first-order chi connectivity index (χ1) is 5.36. The van der Waals surface area contributed by atoms with Crippen molar-refractivity contribution in [2.75, 3.05) is 13.6 Å². The third kappa shape index (κ3) is 2.80. The fraction of sp³-hybridized carbons (Fsp3) is 1.00. The Morgan fingerprint density at radius 3 is 2.09 bits per heavy atom. The van der Waals surface area contributed by atoms with Crippen molar-refractivity contribution in [3.8, 4) is 0 Å². The molecule has 2 heteroatoms. The molecule has 2 N–H and O–H groups in total. The maximum Gasteiger partial charge on any atom is 0.00681 e. The van der Waals surface area contributed by atoms with E-state index in [1.165, 1.54) is 25.7 Å². The maximum atomic E-state index is 3.50. The summed E-state index contributed by atoms with van der Waals surface area (Å²) in [4.78, 5) is 0. The normalized spacial score (nSPS) is 32.2. The summed E-state index contributed by atoms with van der Waals surface area (Å²) in [6.07, 6.45) is 5.38. The summed E-state index contributed by atoms with van der Waals surface area (Å²) in [5, 5.41) is 6.84. The first kappa shape index (κ1) is 9.01. The highest BCUT2D eigenvalue weighted by atomic mass is 14.9. The minimum atomic E-state index is 0.782. The molecule has 0 heterocycles. The molecule has 1 aliphatic carbocycles. The van der Waals surface area contributed by atoms with Crippen molar-refractivity contribution in [2.45, 2.75) is 44.7 Å². The molecule has 0 aliphatic heterocycles. The standard InChI is InChI=1S/C9H20N2/c1-3-11-9-6-4-8(10-2)5-7-9/h8-11H,3-7H2,1-2H3. The number of nitrogens with one attached hydrogen (secondary N) is 2. The molecule has 0 aromatic heterocycles. The first-order valence-electron chi connectivity index (χ1n) is 4.77. The Labute approximate surface area is 69.8 Å². The molecule has 1 aliphatic rings. The van der Waals surface area contributed by atoms with Crippen molar-refractivity contribution in [3.63, 3.8) is 0 Å². The van der Waals surface area contributed by atoms with Crippen molar-refractivity contribution in [1.29, 1.82) is 0 Å². The molecule has 0 atom stereocenters. The van der Waals surface area contributed by atoms with Crippen LogP contribution in [0.2, 0.25) is 0 Å². The second-order valence-corrected chi connectivity index (χ2v) is 3.39. The molecular weight excluding hydrogens is 136 g/mol. The van der Waals surface area contributed by atoms with Crippen LogP contribution in [0.3, 0.4) is 0 Å². The predicted octanol–water partition coefficient (Wildman–Crippen LogP) is 1.13. The molecule has 0 aromatic rings. The Bertz CT molecular complexity index is 95.7. The zero-order valence-electron chi connectivity index (χ0n) is 7.69. The lowest BCUT2D eigenvalue weighted by atomic mass is 9.91. The third-order valence-electron chi connectivity index (χ3n) is 2.63. The van der Waals surface area contributed by atoms with E-state index >= 15 is 0 Å².